The first-order valence-corrected chi connectivity index (χ1v) is 13.2. The normalized spacial score (nSPS) is 15.5. The Balaban J connectivity index is 1.31. The number of nitrogens with one attached hydrogen (secondary N) is 2. The number of nitrogens with zero attached hydrogens (tertiary/aromatic N) is 6. The van der Waals surface area contributed by atoms with Crippen molar-refractivity contribution < 1.29 is 22.4 Å². The van der Waals surface area contributed by atoms with E-state index in [1.165, 1.54) is 37.4 Å². The first kappa shape index (κ1) is 25.8. The molecule has 0 aliphatic carbocycles. The second-order valence-corrected chi connectivity index (χ2v) is 10.9. The number of rotatable bonds is 6. The highest BCUT2D eigenvalue weighted by molar-refractivity contribution is 7.91. The molecule has 2 aromatic heterocycles. The predicted molar refractivity (Wildman–Crippen MR) is 133 cm³/mol. The number of benzene rings is 2. The van der Waals surface area contributed by atoms with Gasteiger partial charge in [0.25, 0.3) is 11.8 Å². The van der Waals surface area contributed by atoms with Crippen molar-refractivity contribution in [1.29, 1.82) is 0 Å². The molecule has 13 nitrogen and oxygen atoms in total. The summed E-state index contributed by atoms with van der Waals surface area (Å²) in [6, 6.07) is 9.07. The maximum absolute atomic E-state index is 13.5. The minimum Gasteiger partial charge on any atom is -0.347 e. The van der Waals surface area contributed by atoms with Crippen molar-refractivity contribution in [2.75, 3.05) is 5.75 Å². The van der Waals surface area contributed by atoms with Gasteiger partial charge >= 0.3 is 5.69 Å². The second kappa shape index (κ2) is 9.83. The van der Waals surface area contributed by atoms with Gasteiger partial charge in [0.05, 0.1) is 22.4 Å². The summed E-state index contributed by atoms with van der Waals surface area (Å²) >= 11 is 0. The van der Waals surface area contributed by atoms with Crippen molar-refractivity contribution in [2.45, 2.75) is 24.4 Å². The van der Waals surface area contributed by atoms with Gasteiger partial charge in [-0.05, 0) is 52.2 Å². The third-order valence-electron chi connectivity index (χ3n) is 6.17. The van der Waals surface area contributed by atoms with Crippen LogP contribution >= 0.6 is 0 Å². The molecule has 0 unspecified atom stereocenters. The molecule has 4 aromatic rings. The predicted octanol–water partition coefficient (Wildman–Crippen LogP) is 0.392. The van der Waals surface area contributed by atoms with Crippen LogP contribution in [0.1, 0.15) is 43.7 Å². The molecule has 1 aliphatic heterocycles. The van der Waals surface area contributed by atoms with Crippen molar-refractivity contribution >= 4 is 21.7 Å². The van der Waals surface area contributed by atoms with E-state index in [1.54, 1.807) is 19.1 Å². The van der Waals surface area contributed by atoms with E-state index in [1.807, 2.05) is 0 Å². The molecule has 2 N–H and O–H groups in total. The molecule has 0 radical (unpaired) electrons. The average Bonchev–Trinajstić information content (AvgIpc) is 3.38. The molecule has 0 saturated heterocycles. The molecular formula is C24H21FN8O5S. The van der Waals surface area contributed by atoms with Crippen molar-refractivity contribution in [2.24, 2.45) is 7.05 Å². The van der Waals surface area contributed by atoms with E-state index in [0.29, 0.717) is 16.7 Å². The summed E-state index contributed by atoms with van der Waals surface area (Å²) in [7, 11) is -2.37. The lowest BCUT2D eigenvalue weighted by Crippen LogP contribution is -2.31. The molecule has 1 atom stereocenters. The Bertz CT molecular complexity index is 1800. The van der Waals surface area contributed by atoms with E-state index in [2.05, 4.69) is 31.0 Å². The largest absolute Gasteiger partial charge is 0.368 e. The number of carbonyl (C=O) groups is 2. The molecular weight excluding hydrogens is 531 g/mol. The van der Waals surface area contributed by atoms with Crippen LogP contribution in [0.4, 0.5) is 4.39 Å². The van der Waals surface area contributed by atoms with Crippen LogP contribution in [-0.2, 0) is 23.4 Å². The Morgan fingerprint density at radius 3 is 2.49 bits per heavy atom. The average molecular weight is 553 g/mol. The molecule has 39 heavy (non-hydrogen) atoms. The van der Waals surface area contributed by atoms with Gasteiger partial charge in [0.1, 0.15) is 23.5 Å². The van der Waals surface area contributed by atoms with E-state index in [-0.39, 0.29) is 34.3 Å². The van der Waals surface area contributed by atoms with Gasteiger partial charge in [0.2, 0.25) is 0 Å². The number of tetrazole rings is 1. The minimum atomic E-state index is -3.79. The van der Waals surface area contributed by atoms with E-state index >= 15 is 0 Å². The zero-order valence-corrected chi connectivity index (χ0v) is 21.4. The van der Waals surface area contributed by atoms with Gasteiger partial charge in [-0.15, -0.1) is 0 Å². The zero-order chi connectivity index (χ0) is 27.9. The smallest absolute Gasteiger partial charge is 0.347 e. The third-order valence-corrected chi connectivity index (χ3v) is 7.97. The fourth-order valence-electron chi connectivity index (χ4n) is 4.13. The summed E-state index contributed by atoms with van der Waals surface area (Å²) in [6.07, 6.45) is 1.05. The minimum absolute atomic E-state index is 0.0402. The number of aryl methyl sites for hydroxylation is 2. The molecule has 0 fully saturated rings. The number of hydrogen-bond acceptors (Lipinski definition) is 9. The number of aromatic nitrogens is 6. The Morgan fingerprint density at radius 2 is 1.79 bits per heavy atom. The molecule has 0 spiro atoms. The Morgan fingerprint density at radius 1 is 1.05 bits per heavy atom. The van der Waals surface area contributed by atoms with Crippen LogP contribution in [0.5, 0.6) is 0 Å². The summed E-state index contributed by atoms with van der Waals surface area (Å²) in [6.45, 7) is 1.73. The molecule has 3 heterocycles. The first-order valence-electron chi connectivity index (χ1n) is 11.6. The van der Waals surface area contributed by atoms with Crippen LogP contribution in [0.15, 0.2) is 58.5 Å². The first-order chi connectivity index (χ1) is 18.5. The zero-order valence-electron chi connectivity index (χ0n) is 20.6. The maximum Gasteiger partial charge on any atom is 0.368 e. The van der Waals surface area contributed by atoms with Gasteiger partial charge in [-0.3, -0.25) is 9.59 Å². The molecule has 2 amide bonds. The summed E-state index contributed by atoms with van der Waals surface area (Å²) in [5.41, 5.74) is 0.913. The third kappa shape index (κ3) is 5.03. The Hall–Kier alpha value is -4.79. The SMILES string of the molecule is Cc1cc(CNC(=O)c2cc(C(=O)N[C@H]3CS(=O)(=O)c4cc(-n5nnn(C)c5=O)ccc43)ncn2)ccc1F. The molecule has 2 aromatic carbocycles. The molecule has 0 saturated carbocycles. The maximum atomic E-state index is 13.5. The van der Waals surface area contributed by atoms with Gasteiger partial charge < -0.3 is 10.6 Å². The number of fused-ring (bicyclic) bond motifs is 1. The number of carbonyl (C=O) groups excluding carboxylic acids is 2. The summed E-state index contributed by atoms with van der Waals surface area (Å²) in [5, 5.41) is 12.6. The molecule has 0 bridgehead atoms. The number of sulfone groups is 1. The van der Waals surface area contributed by atoms with Gasteiger partial charge in [-0.25, -0.2) is 27.6 Å². The molecule has 200 valence electrons. The molecule has 1 aliphatic rings. The monoisotopic (exact) mass is 552 g/mol. The van der Waals surface area contributed by atoms with Crippen LogP contribution in [0.3, 0.4) is 0 Å². The van der Waals surface area contributed by atoms with Crippen molar-refractivity contribution in [3.05, 3.63) is 93.2 Å². The van der Waals surface area contributed by atoms with Crippen LogP contribution in [0.25, 0.3) is 5.69 Å². The van der Waals surface area contributed by atoms with Gasteiger partial charge in [-0.1, -0.05) is 18.2 Å². The standard InChI is InChI=1S/C24H21FN8O5S/c1-13-7-14(3-6-17(13)25)10-26-22(34)18-9-19(28-12-27-18)23(35)29-20-11-39(37,38)21-8-15(4-5-16(20)21)33-24(36)32(2)30-31-33/h3-9,12,20H,10-11H2,1-2H3,(H,26,34)(H,29,35)/t20-/m0/s1. The van der Waals surface area contributed by atoms with Crippen LogP contribution in [0.2, 0.25) is 0 Å². The molecule has 5 rings (SSSR count). The van der Waals surface area contributed by atoms with Crippen LogP contribution in [-0.4, -0.2) is 55.7 Å². The molecule has 15 heteroatoms. The fraction of sp³-hybridized carbons (Fsp3) is 0.208. The highest BCUT2D eigenvalue weighted by Gasteiger charge is 2.36. The van der Waals surface area contributed by atoms with Gasteiger partial charge in [0.15, 0.2) is 9.84 Å². The van der Waals surface area contributed by atoms with Crippen molar-refractivity contribution in [3.63, 3.8) is 0 Å². The number of hydrogen-bond donors (Lipinski definition) is 2. The van der Waals surface area contributed by atoms with Gasteiger partial charge in [0, 0.05) is 19.7 Å². The summed E-state index contributed by atoms with van der Waals surface area (Å²) in [4.78, 5) is 45.5. The van der Waals surface area contributed by atoms with E-state index < -0.39 is 39.1 Å². The highest BCUT2D eigenvalue weighted by atomic mass is 32.2. The van der Waals surface area contributed by atoms with Crippen LogP contribution in [0, 0.1) is 12.7 Å². The lowest BCUT2D eigenvalue weighted by molar-refractivity contribution is 0.0935. The van der Waals surface area contributed by atoms with Crippen LogP contribution < -0.4 is 16.3 Å². The Labute approximate surface area is 220 Å². The van der Waals surface area contributed by atoms with E-state index in [4.69, 9.17) is 0 Å². The van der Waals surface area contributed by atoms with Crippen molar-refractivity contribution in [1.82, 2.24) is 40.4 Å². The number of amides is 2. The number of halogens is 1. The second-order valence-electron chi connectivity index (χ2n) is 8.88. The Kier molecular flexibility index (Phi) is 6.51. The lowest BCUT2D eigenvalue weighted by atomic mass is 10.1. The summed E-state index contributed by atoms with van der Waals surface area (Å²) in [5.74, 6) is -2.03. The topological polar surface area (TPSA) is 171 Å². The summed E-state index contributed by atoms with van der Waals surface area (Å²) < 4.78 is 41.1. The van der Waals surface area contributed by atoms with E-state index in [0.717, 1.165) is 15.7 Å². The quantitative estimate of drug-likeness (QED) is 0.343. The van der Waals surface area contributed by atoms with Crippen molar-refractivity contribution in [3.8, 4) is 5.69 Å². The van der Waals surface area contributed by atoms with Gasteiger partial charge in [-0.2, -0.15) is 9.36 Å². The lowest BCUT2D eigenvalue weighted by Gasteiger charge is -2.13. The van der Waals surface area contributed by atoms with E-state index in [9.17, 15) is 27.2 Å². The fourth-order valence-corrected chi connectivity index (χ4v) is 5.88. The highest BCUT2D eigenvalue weighted by Crippen LogP contribution is 2.34.